The smallest absolute Gasteiger partial charge is 0.248 e. The topological polar surface area (TPSA) is 79.5 Å². The second-order valence-electron chi connectivity index (χ2n) is 5.77. The Hall–Kier alpha value is -0.960. The summed E-state index contributed by atoms with van der Waals surface area (Å²) in [6, 6.07) is 7.81. The summed E-state index contributed by atoms with van der Waals surface area (Å²) in [5.74, 6) is 0.429. The van der Waals surface area contributed by atoms with E-state index < -0.39 is 5.91 Å². The number of primary amides is 1. The summed E-state index contributed by atoms with van der Waals surface area (Å²) < 4.78 is 0. The third-order valence-corrected chi connectivity index (χ3v) is 5.13. The van der Waals surface area contributed by atoms with Crippen LogP contribution in [0.3, 0.4) is 0 Å². The van der Waals surface area contributed by atoms with Gasteiger partial charge in [0.25, 0.3) is 0 Å². The number of hydrogen-bond donors (Lipinski definition) is 3. The van der Waals surface area contributed by atoms with Crippen molar-refractivity contribution < 1.29 is 4.79 Å². The Labute approximate surface area is 165 Å². The number of nitrogens with two attached hydrogens (primary N) is 1. The van der Waals surface area contributed by atoms with Gasteiger partial charge in [-0.15, -0.1) is 24.0 Å². The fourth-order valence-corrected chi connectivity index (χ4v) is 3.59. The van der Waals surface area contributed by atoms with Gasteiger partial charge in [-0.2, -0.15) is 11.8 Å². The summed E-state index contributed by atoms with van der Waals surface area (Å²) in [6.45, 7) is 3.41. The number of guanidine groups is 1. The van der Waals surface area contributed by atoms with Crippen molar-refractivity contribution in [2.24, 2.45) is 10.7 Å². The number of carbonyl (C=O) groups excluding carboxylic acids is 1. The van der Waals surface area contributed by atoms with Gasteiger partial charge >= 0.3 is 0 Å². The molecule has 0 aliphatic heterocycles. The van der Waals surface area contributed by atoms with E-state index in [0.29, 0.717) is 18.2 Å². The van der Waals surface area contributed by atoms with Crippen molar-refractivity contribution in [2.75, 3.05) is 12.8 Å². The van der Waals surface area contributed by atoms with Crippen molar-refractivity contribution in [3.05, 3.63) is 35.4 Å². The Bertz CT molecular complexity index is 567. The Kier molecular flexibility index (Phi) is 9.50. The van der Waals surface area contributed by atoms with Crippen LogP contribution in [-0.4, -0.2) is 36.0 Å². The van der Waals surface area contributed by atoms with Crippen LogP contribution < -0.4 is 16.4 Å². The third-order valence-electron chi connectivity index (χ3n) is 4.03. The quantitative estimate of drug-likeness (QED) is 0.345. The summed E-state index contributed by atoms with van der Waals surface area (Å²) in [5.41, 5.74) is 6.82. The maximum Gasteiger partial charge on any atom is 0.248 e. The first kappa shape index (κ1) is 21.1. The van der Waals surface area contributed by atoms with Crippen LogP contribution in [-0.2, 0) is 6.54 Å². The average molecular weight is 462 g/mol. The number of rotatable bonds is 6. The van der Waals surface area contributed by atoms with Gasteiger partial charge in [0.05, 0.1) is 6.54 Å². The minimum atomic E-state index is -0.407. The molecular formula is C17H27IN4OS. The summed E-state index contributed by atoms with van der Waals surface area (Å²) in [4.78, 5) is 15.9. The van der Waals surface area contributed by atoms with Gasteiger partial charge in [-0.25, -0.2) is 4.99 Å². The Morgan fingerprint density at radius 2 is 2.21 bits per heavy atom. The molecular weight excluding hydrogens is 435 g/mol. The Morgan fingerprint density at radius 1 is 1.42 bits per heavy atom. The summed E-state index contributed by atoms with van der Waals surface area (Å²) >= 11 is 1.95. The first-order valence-electron chi connectivity index (χ1n) is 8.08. The normalized spacial score (nSPS) is 20.3. The molecule has 1 aromatic carbocycles. The predicted octanol–water partition coefficient (Wildman–Crippen LogP) is 2.74. The molecule has 2 rings (SSSR count). The fraction of sp³-hybridized carbons (Fsp3) is 0.529. The summed E-state index contributed by atoms with van der Waals surface area (Å²) in [7, 11) is 0. The van der Waals surface area contributed by atoms with Crippen molar-refractivity contribution in [3.63, 3.8) is 0 Å². The van der Waals surface area contributed by atoms with Gasteiger partial charge in [0.2, 0.25) is 5.91 Å². The zero-order valence-corrected chi connectivity index (χ0v) is 17.4. The molecule has 1 amide bonds. The first-order chi connectivity index (χ1) is 11.1. The SMILES string of the molecule is CCNC(=NCc1cccc(C(N)=O)c1)NC1CCC(SC)C1.I. The molecule has 1 aromatic rings. The van der Waals surface area contributed by atoms with Crippen LogP contribution in [0.4, 0.5) is 0 Å². The average Bonchev–Trinajstić information content (AvgIpc) is 3.01. The minimum absolute atomic E-state index is 0. The number of benzene rings is 1. The number of hydrogen-bond acceptors (Lipinski definition) is 3. The van der Waals surface area contributed by atoms with Gasteiger partial charge in [0, 0.05) is 23.4 Å². The molecule has 0 spiro atoms. The number of thioether (sulfide) groups is 1. The van der Waals surface area contributed by atoms with E-state index >= 15 is 0 Å². The zero-order valence-electron chi connectivity index (χ0n) is 14.2. The van der Waals surface area contributed by atoms with Crippen LogP contribution in [0.5, 0.6) is 0 Å². The standard InChI is InChI=1S/C17H26N4OS.HI/c1-3-19-17(21-14-7-8-15(10-14)23-2)20-11-12-5-4-6-13(9-12)16(18)22;/h4-6,9,14-15H,3,7-8,10-11H2,1-2H3,(H2,18,22)(H2,19,20,21);1H. The monoisotopic (exact) mass is 462 g/mol. The lowest BCUT2D eigenvalue weighted by Crippen LogP contribution is -2.42. The van der Waals surface area contributed by atoms with E-state index in [0.717, 1.165) is 23.3 Å². The molecule has 0 heterocycles. The molecule has 2 unspecified atom stereocenters. The van der Waals surface area contributed by atoms with Crippen LogP contribution in [0.25, 0.3) is 0 Å². The molecule has 0 aromatic heterocycles. The van der Waals surface area contributed by atoms with Crippen LogP contribution >= 0.6 is 35.7 Å². The zero-order chi connectivity index (χ0) is 16.7. The van der Waals surface area contributed by atoms with E-state index in [1.807, 2.05) is 23.9 Å². The highest BCUT2D eigenvalue weighted by atomic mass is 127. The number of aliphatic imine (C=N–C) groups is 1. The molecule has 7 heteroatoms. The number of amides is 1. The molecule has 5 nitrogen and oxygen atoms in total. The second-order valence-corrected chi connectivity index (χ2v) is 6.91. The van der Waals surface area contributed by atoms with Crippen molar-refractivity contribution in [1.82, 2.24) is 10.6 Å². The van der Waals surface area contributed by atoms with E-state index in [4.69, 9.17) is 5.73 Å². The van der Waals surface area contributed by atoms with Crippen molar-refractivity contribution >= 4 is 47.6 Å². The molecule has 0 bridgehead atoms. The van der Waals surface area contributed by atoms with Crippen LogP contribution in [0.2, 0.25) is 0 Å². The highest BCUT2D eigenvalue weighted by molar-refractivity contribution is 14.0. The highest BCUT2D eigenvalue weighted by Gasteiger charge is 2.24. The van der Waals surface area contributed by atoms with Crippen molar-refractivity contribution in [2.45, 2.75) is 44.0 Å². The number of halogens is 1. The minimum Gasteiger partial charge on any atom is -0.366 e. The van der Waals surface area contributed by atoms with E-state index in [9.17, 15) is 4.79 Å². The first-order valence-corrected chi connectivity index (χ1v) is 9.37. The molecule has 1 fully saturated rings. The lowest BCUT2D eigenvalue weighted by atomic mass is 10.1. The van der Waals surface area contributed by atoms with E-state index in [1.165, 1.54) is 19.3 Å². The van der Waals surface area contributed by atoms with Gasteiger partial charge in [0.1, 0.15) is 0 Å². The number of nitrogens with zero attached hydrogens (tertiary/aromatic N) is 1. The molecule has 0 radical (unpaired) electrons. The predicted molar refractivity (Wildman–Crippen MR) is 113 cm³/mol. The lowest BCUT2D eigenvalue weighted by molar-refractivity contribution is 0.1000. The van der Waals surface area contributed by atoms with Crippen molar-refractivity contribution in [3.8, 4) is 0 Å². The van der Waals surface area contributed by atoms with Crippen molar-refractivity contribution in [1.29, 1.82) is 0 Å². The molecule has 1 saturated carbocycles. The van der Waals surface area contributed by atoms with Gasteiger partial charge in [-0.1, -0.05) is 12.1 Å². The van der Waals surface area contributed by atoms with Crippen LogP contribution in [0.15, 0.2) is 29.3 Å². The molecule has 0 saturated heterocycles. The fourth-order valence-electron chi connectivity index (χ4n) is 2.79. The molecule has 1 aliphatic rings. The second kappa shape index (κ2) is 10.8. The maximum absolute atomic E-state index is 11.2. The Balaban J connectivity index is 0.00000288. The summed E-state index contributed by atoms with van der Waals surface area (Å²) in [5, 5.41) is 7.57. The molecule has 24 heavy (non-hydrogen) atoms. The highest BCUT2D eigenvalue weighted by Crippen LogP contribution is 2.28. The van der Waals surface area contributed by atoms with Gasteiger partial charge in [-0.3, -0.25) is 4.79 Å². The van der Waals surface area contributed by atoms with Gasteiger partial charge < -0.3 is 16.4 Å². The van der Waals surface area contributed by atoms with Gasteiger partial charge in [0.15, 0.2) is 5.96 Å². The van der Waals surface area contributed by atoms with Crippen LogP contribution in [0.1, 0.15) is 42.1 Å². The van der Waals surface area contributed by atoms with E-state index in [2.05, 4.69) is 28.8 Å². The molecule has 134 valence electrons. The third kappa shape index (κ3) is 6.51. The van der Waals surface area contributed by atoms with Gasteiger partial charge in [-0.05, 0) is 50.1 Å². The largest absolute Gasteiger partial charge is 0.366 e. The maximum atomic E-state index is 11.2. The Morgan fingerprint density at radius 3 is 2.83 bits per heavy atom. The van der Waals surface area contributed by atoms with Crippen LogP contribution in [0, 0.1) is 0 Å². The number of nitrogens with one attached hydrogen (secondary N) is 2. The summed E-state index contributed by atoms with van der Waals surface area (Å²) in [6.07, 6.45) is 5.81. The van der Waals surface area contributed by atoms with E-state index in [-0.39, 0.29) is 24.0 Å². The molecule has 1 aliphatic carbocycles. The molecule has 2 atom stereocenters. The number of carbonyl (C=O) groups is 1. The molecule has 4 N–H and O–H groups in total. The van der Waals surface area contributed by atoms with E-state index in [1.54, 1.807) is 12.1 Å². The lowest BCUT2D eigenvalue weighted by Gasteiger charge is -2.17.